The molecule has 0 heteroatoms. The maximum atomic E-state index is 2.32. The van der Waals surface area contributed by atoms with Gasteiger partial charge in [0.1, 0.15) is 0 Å². The molecule has 1 unspecified atom stereocenters. The van der Waals surface area contributed by atoms with Crippen LogP contribution in [0.5, 0.6) is 0 Å². The van der Waals surface area contributed by atoms with E-state index in [0.717, 1.165) is 11.8 Å². The standard InChI is InChI=1S/C9H19/c1-5-9(6-2)7-8(3)4/h5,8-9H,6-7H2,1-4H3/q-1. The molecule has 0 aromatic heterocycles. The van der Waals surface area contributed by atoms with E-state index >= 15 is 0 Å². The van der Waals surface area contributed by atoms with Gasteiger partial charge in [-0.25, -0.2) is 0 Å². The lowest BCUT2D eigenvalue weighted by atomic mass is 9.93. The highest BCUT2D eigenvalue weighted by Gasteiger charge is 1.97. The number of hydrogen-bond donors (Lipinski definition) is 0. The third kappa shape index (κ3) is 4.50. The van der Waals surface area contributed by atoms with Gasteiger partial charge < -0.3 is 6.42 Å². The zero-order chi connectivity index (χ0) is 7.28. The van der Waals surface area contributed by atoms with Gasteiger partial charge in [-0.1, -0.05) is 33.6 Å². The summed E-state index contributed by atoms with van der Waals surface area (Å²) in [6, 6.07) is 0. The van der Waals surface area contributed by atoms with Crippen LogP contribution in [0.3, 0.4) is 0 Å². The van der Waals surface area contributed by atoms with Crippen molar-refractivity contribution in [1.82, 2.24) is 0 Å². The molecule has 0 amide bonds. The first kappa shape index (κ1) is 9.00. The van der Waals surface area contributed by atoms with Crippen molar-refractivity contribution in [2.24, 2.45) is 11.8 Å². The SMILES string of the molecule is C[CH-]C(CC)CC(C)C. The van der Waals surface area contributed by atoms with Crippen LogP contribution in [0.15, 0.2) is 0 Å². The fourth-order valence-corrected chi connectivity index (χ4v) is 1.14. The highest BCUT2D eigenvalue weighted by atomic mass is 14.1. The topological polar surface area (TPSA) is 0 Å². The fourth-order valence-electron chi connectivity index (χ4n) is 1.14. The van der Waals surface area contributed by atoms with Crippen LogP contribution in [0, 0.1) is 18.3 Å². The van der Waals surface area contributed by atoms with E-state index in [1.807, 2.05) is 0 Å². The quantitative estimate of drug-likeness (QED) is 0.508. The largest absolute Gasteiger partial charge is 0.328 e. The fraction of sp³-hybridized carbons (Fsp3) is 0.889. The molecule has 0 bridgehead atoms. The maximum Gasteiger partial charge on any atom is -0.0493 e. The average molecular weight is 127 g/mol. The summed E-state index contributed by atoms with van der Waals surface area (Å²) in [5.74, 6) is 1.70. The Kier molecular flexibility index (Phi) is 4.84. The summed E-state index contributed by atoms with van der Waals surface area (Å²) in [6.07, 6.45) is 4.97. The Morgan fingerprint density at radius 1 is 1.33 bits per heavy atom. The minimum atomic E-state index is 0.852. The summed E-state index contributed by atoms with van der Waals surface area (Å²) in [7, 11) is 0. The molecule has 1 atom stereocenters. The highest BCUT2D eigenvalue weighted by Crippen LogP contribution is 2.16. The molecule has 0 aliphatic carbocycles. The van der Waals surface area contributed by atoms with Gasteiger partial charge in [0.15, 0.2) is 0 Å². The Labute approximate surface area is 59.7 Å². The van der Waals surface area contributed by atoms with Crippen LogP contribution in [0.25, 0.3) is 0 Å². The van der Waals surface area contributed by atoms with Gasteiger partial charge in [-0.05, 0) is 5.92 Å². The summed E-state index contributed by atoms with van der Waals surface area (Å²) in [5, 5.41) is 0. The summed E-state index contributed by atoms with van der Waals surface area (Å²) in [5.41, 5.74) is 0. The third-order valence-electron chi connectivity index (χ3n) is 1.77. The molecular formula is C9H19-. The zero-order valence-corrected chi connectivity index (χ0v) is 7.15. The minimum absolute atomic E-state index is 0.852. The molecule has 0 heterocycles. The second kappa shape index (κ2) is 4.84. The van der Waals surface area contributed by atoms with E-state index in [1.54, 1.807) is 0 Å². The van der Waals surface area contributed by atoms with Gasteiger partial charge in [-0.2, -0.15) is 12.8 Å². The Morgan fingerprint density at radius 3 is 2.00 bits per heavy atom. The summed E-state index contributed by atoms with van der Waals surface area (Å²) in [4.78, 5) is 0. The minimum Gasteiger partial charge on any atom is -0.328 e. The Morgan fingerprint density at radius 2 is 1.89 bits per heavy atom. The van der Waals surface area contributed by atoms with Gasteiger partial charge in [0, 0.05) is 0 Å². The first-order chi connectivity index (χ1) is 4.20. The van der Waals surface area contributed by atoms with Gasteiger partial charge in [0.2, 0.25) is 0 Å². The van der Waals surface area contributed by atoms with Crippen molar-refractivity contribution in [1.29, 1.82) is 0 Å². The monoisotopic (exact) mass is 127 g/mol. The molecule has 0 saturated heterocycles. The van der Waals surface area contributed by atoms with Crippen molar-refractivity contribution in [2.75, 3.05) is 0 Å². The molecule has 0 aromatic rings. The molecule has 0 aliphatic rings. The summed E-state index contributed by atoms with van der Waals surface area (Å²) < 4.78 is 0. The Balaban J connectivity index is 3.31. The maximum absolute atomic E-state index is 2.32. The predicted molar refractivity (Wildman–Crippen MR) is 43.2 cm³/mol. The molecule has 56 valence electrons. The molecular weight excluding hydrogens is 108 g/mol. The molecule has 0 rings (SSSR count). The first-order valence-corrected chi connectivity index (χ1v) is 4.00. The zero-order valence-electron chi connectivity index (χ0n) is 7.15. The molecule has 0 fully saturated rings. The van der Waals surface area contributed by atoms with Crippen molar-refractivity contribution in [2.45, 2.75) is 40.5 Å². The first-order valence-electron chi connectivity index (χ1n) is 4.00. The van der Waals surface area contributed by atoms with Crippen molar-refractivity contribution in [3.63, 3.8) is 0 Å². The highest BCUT2D eigenvalue weighted by molar-refractivity contribution is 4.70. The molecule has 0 nitrogen and oxygen atoms in total. The van der Waals surface area contributed by atoms with Crippen LogP contribution in [-0.2, 0) is 0 Å². The lowest BCUT2D eigenvalue weighted by Crippen LogP contribution is -2.01. The number of rotatable bonds is 4. The van der Waals surface area contributed by atoms with E-state index in [2.05, 4.69) is 34.1 Å². The van der Waals surface area contributed by atoms with E-state index in [0.29, 0.717) is 0 Å². The smallest absolute Gasteiger partial charge is 0.0493 e. The van der Waals surface area contributed by atoms with Gasteiger partial charge in [0.25, 0.3) is 0 Å². The lowest BCUT2D eigenvalue weighted by Gasteiger charge is -2.22. The average Bonchev–Trinajstić information content (AvgIpc) is 1.82. The van der Waals surface area contributed by atoms with Crippen molar-refractivity contribution >= 4 is 0 Å². The Bertz CT molecular complexity index is 51.1. The van der Waals surface area contributed by atoms with E-state index in [-0.39, 0.29) is 0 Å². The number of hydrogen-bond acceptors (Lipinski definition) is 0. The summed E-state index contributed by atoms with van der Waals surface area (Å²) in [6.45, 7) is 8.99. The predicted octanol–water partition coefficient (Wildman–Crippen LogP) is 3.28. The van der Waals surface area contributed by atoms with Gasteiger partial charge in [-0.3, -0.25) is 0 Å². The van der Waals surface area contributed by atoms with Crippen LogP contribution in [-0.4, -0.2) is 0 Å². The van der Waals surface area contributed by atoms with Gasteiger partial charge in [-0.15, -0.1) is 0 Å². The second-order valence-corrected chi connectivity index (χ2v) is 3.13. The van der Waals surface area contributed by atoms with Gasteiger partial charge >= 0.3 is 0 Å². The normalized spacial score (nSPS) is 14.3. The van der Waals surface area contributed by atoms with Crippen LogP contribution in [0.4, 0.5) is 0 Å². The van der Waals surface area contributed by atoms with Crippen LogP contribution < -0.4 is 0 Å². The van der Waals surface area contributed by atoms with Crippen molar-refractivity contribution < 1.29 is 0 Å². The molecule has 0 spiro atoms. The van der Waals surface area contributed by atoms with E-state index in [4.69, 9.17) is 0 Å². The molecule has 9 heavy (non-hydrogen) atoms. The van der Waals surface area contributed by atoms with Gasteiger partial charge in [0.05, 0.1) is 0 Å². The van der Waals surface area contributed by atoms with E-state index < -0.39 is 0 Å². The van der Waals surface area contributed by atoms with Crippen LogP contribution in [0.2, 0.25) is 0 Å². The molecule has 0 radical (unpaired) electrons. The van der Waals surface area contributed by atoms with E-state index in [1.165, 1.54) is 12.8 Å². The molecule has 0 N–H and O–H groups in total. The Hall–Kier alpha value is 0. The summed E-state index contributed by atoms with van der Waals surface area (Å²) >= 11 is 0. The van der Waals surface area contributed by atoms with Crippen molar-refractivity contribution in [3.8, 4) is 0 Å². The van der Waals surface area contributed by atoms with Crippen molar-refractivity contribution in [3.05, 3.63) is 6.42 Å². The van der Waals surface area contributed by atoms with E-state index in [9.17, 15) is 0 Å². The van der Waals surface area contributed by atoms with Crippen LogP contribution in [0.1, 0.15) is 40.5 Å². The molecule has 0 aliphatic heterocycles. The third-order valence-corrected chi connectivity index (χ3v) is 1.77. The van der Waals surface area contributed by atoms with Crippen LogP contribution >= 0.6 is 0 Å². The lowest BCUT2D eigenvalue weighted by molar-refractivity contribution is 0.443. The second-order valence-electron chi connectivity index (χ2n) is 3.13. The molecule has 0 saturated carbocycles. The molecule has 0 aromatic carbocycles.